The summed E-state index contributed by atoms with van der Waals surface area (Å²) in [5.74, 6) is 0.591. The lowest BCUT2D eigenvalue weighted by Gasteiger charge is -2.09. The molecule has 0 unspecified atom stereocenters. The fourth-order valence-electron chi connectivity index (χ4n) is 1.73. The Morgan fingerprint density at radius 3 is 2.59 bits per heavy atom. The van der Waals surface area contributed by atoms with Crippen molar-refractivity contribution in [2.45, 2.75) is 26.3 Å². The molecule has 1 heterocycles. The van der Waals surface area contributed by atoms with Crippen LogP contribution in [0.15, 0.2) is 42.7 Å². The highest BCUT2D eigenvalue weighted by Gasteiger charge is 1.98. The molecule has 0 saturated carbocycles. The van der Waals surface area contributed by atoms with E-state index in [4.69, 9.17) is 0 Å². The van der Waals surface area contributed by atoms with Crippen LogP contribution in [0.3, 0.4) is 0 Å². The Morgan fingerprint density at radius 1 is 1.24 bits per heavy atom. The predicted molar refractivity (Wildman–Crippen MR) is 71.2 cm³/mol. The lowest BCUT2D eigenvalue weighted by molar-refractivity contribution is 0.638. The maximum Gasteiger partial charge on any atom is 0.0582 e. The second kappa shape index (κ2) is 5.53. The maximum absolute atomic E-state index is 4.16. The summed E-state index contributed by atoms with van der Waals surface area (Å²) in [4.78, 5) is 0. The molecule has 0 radical (unpaired) electrons. The highest BCUT2D eigenvalue weighted by Crippen LogP contribution is 2.16. The van der Waals surface area contributed by atoms with Gasteiger partial charge in [-0.05, 0) is 29.7 Å². The predicted octanol–water partition coefficient (Wildman–Crippen LogP) is 3.12. The van der Waals surface area contributed by atoms with Crippen molar-refractivity contribution in [3.05, 3.63) is 48.3 Å². The van der Waals surface area contributed by atoms with E-state index in [1.807, 2.05) is 16.9 Å². The number of rotatable bonds is 5. The molecule has 0 fully saturated rings. The number of hydrogen-bond donors (Lipinski definition) is 1. The summed E-state index contributed by atoms with van der Waals surface area (Å²) in [7, 11) is 0. The van der Waals surface area contributed by atoms with Crippen molar-refractivity contribution in [2.75, 3.05) is 11.9 Å². The summed E-state index contributed by atoms with van der Waals surface area (Å²) < 4.78 is 1.93. The van der Waals surface area contributed by atoms with Gasteiger partial charge in [0.05, 0.1) is 6.54 Å². The lowest BCUT2D eigenvalue weighted by Crippen LogP contribution is -2.10. The van der Waals surface area contributed by atoms with E-state index < -0.39 is 0 Å². The first-order chi connectivity index (χ1) is 8.25. The molecule has 2 aromatic rings. The number of aromatic nitrogens is 2. The minimum absolute atomic E-state index is 0.591. The molecule has 0 aliphatic rings. The molecule has 0 spiro atoms. The summed E-state index contributed by atoms with van der Waals surface area (Å²) in [6.45, 7) is 6.20. The maximum atomic E-state index is 4.16. The van der Waals surface area contributed by atoms with Crippen LogP contribution in [0.25, 0.3) is 0 Å². The highest BCUT2D eigenvalue weighted by molar-refractivity contribution is 5.44. The van der Waals surface area contributed by atoms with Crippen LogP contribution in [0.5, 0.6) is 0 Å². The lowest BCUT2D eigenvalue weighted by atomic mass is 10.0. The van der Waals surface area contributed by atoms with Gasteiger partial charge < -0.3 is 5.32 Å². The molecule has 2 rings (SSSR count). The zero-order chi connectivity index (χ0) is 12.1. The van der Waals surface area contributed by atoms with Gasteiger partial charge in [0.2, 0.25) is 0 Å². The molecule has 3 nitrogen and oxygen atoms in total. The minimum atomic E-state index is 0.591. The van der Waals surface area contributed by atoms with Crippen LogP contribution < -0.4 is 5.32 Å². The second-order valence-electron chi connectivity index (χ2n) is 4.47. The van der Waals surface area contributed by atoms with Crippen molar-refractivity contribution in [3.8, 4) is 0 Å². The third kappa shape index (κ3) is 3.34. The summed E-state index contributed by atoms with van der Waals surface area (Å²) in [6.07, 6.45) is 3.78. The Kier molecular flexibility index (Phi) is 3.81. The first-order valence-corrected chi connectivity index (χ1v) is 6.07. The van der Waals surface area contributed by atoms with Crippen molar-refractivity contribution in [2.24, 2.45) is 0 Å². The Labute approximate surface area is 102 Å². The van der Waals surface area contributed by atoms with Crippen LogP contribution >= 0.6 is 0 Å². The van der Waals surface area contributed by atoms with Crippen molar-refractivity contribution in [3.63, 3.8) is 0 Å². The third-order valence-corrected chi connectivity index (χ3v) is 2.81. The fourth-order valence-corrected chi connectivity index (χ4v) is 1.73. The largest absolute Gasteiger partial charge is 0.383 e. The number of nitrogens with one attached hydrogen (secondary N) is 1. The smallest absolute Gasteiger partial charge is 0.0582 e. The van der Waals surface area contributed by atoms with Crippen LogP contribution in [0.2, 0.25) is 0 Å². The molecule has 1 aromatic heterocycles. The van der Waals surface area contributed by atoms with E-state index in [1.165, 1.54) is 11.3 Å². The van der Waals surface area contributed by atoms with Gasteiger partial charge >= 0.3 is 0 Å². The van der Waals surface area contributed by atoms with E-state index >= 15 is 0 Å². The van der Waals surface area contributed by atoms with Gasteiger partial charge in [0, 0.05) is 24.6 Å². The number of nitrogens with zero attached hydrogens (tertiary/aromatic N) is 2. The Hall–Kier alpha value is -1.77. The van der Waals surface area contributed by atoms with E-state index in [-0.39, 0.29) is 0 Å². The van der Waals surface area contributed by atoms with E-state index in [0.717, 1.165) is 13.1 Å². The molecule has 0 aliphatic heterocycles. The van der Waals surface area contributed by atoms with E-state index in [2.05, 4.69) is 48.5 Å². The number of benzene rings is 1. The quantitative estimate of drug-likeness (QED) is 0.853. The van der Waals surface area contributed by atoms with Crippen LogP contribution in [0, 0.1) is 0 Å². The average molecular weight is 229 g/mol. The monoisotopic (exact) mass is 229 g/mol. The van der Waals surface area contributed by atoms with Gasteiger partial charge in [-0.1, -0.05) is 26.0 Å². The SMILES string of the molecule is CC(C)c1ccc(NCCn2cccn2)cc1. The standard InChI is InChI=1S/C14H19N3/c1-12(2)13-4-6-14(7-5-13)15-9-11-17-10-3-8-16-17/h3-8,10,12,15H,9,11H2,1-2H3. The van der Waals surface area contributed by atoms with Gasteiger partial charge in [-0.3, -0.25) is 4.68 Å². The second-order valence-corrected chi connectivity index (χ2v) is 4.47. The normalized spacial score (nSPS) is 10.8. The van der Waals surface area contributed by atoms with Crippen molar-refractivity contribution in [1.29, 1.82) is 0 Å². The fraction of sp³-hybridized carbons (Fsp3) is 0.357. The summed E-state index contributed by atoms with van der Waals surface area (Å²) in [5.41, 5.74) is 2.55. The van der Waals surface area contributed by atoms with Gasteiger partial charge in [-0.2, -0.15) is 5.10 Å². The van der Waals surface area contributed by atoms with E-state index in [9.17, 15) is 0 Å². The zero-order valence-corrected chi connectivity index (χ0v) is 10.4. The number of hydrogen-bond acceptors (Lipinski definition) is 2. The average Bonchev–Trinajstić information content (AvgIpc) is 2.83. The molecule has 0 aliphatic carbocycles. The Morgan fingerprint density at radius 2 is 2.00 bits per heavy atom. The van der Waals surface area contributed by atoms with Crippen molar-refractivity contribution < 1.29 is 0 Å². The van der Waals surface area contributed by atoms with Gasteiger partial charge in [0.1, 0.15) is 0 Å². The van der Waals surface area contributed by atoms with Gasteiger partial charge in [0.25, 0.3) is 0 Å². The molecule has 1 aromatic carbocycles. The van der Waals surface area contributed by atoms with Crippen molar-refractivity contribution >= 4 is 5.69 Å². The molecule has 0 atom stereocenters. The van der Waals surface area contributed by atoms with Gasteiger partial charge in [-0.25, -0.2) is 0 Å². The molecule has 0 bridgehead atoms. The van der Waals surface area contributed by atoms with Crippen molar-refractivity contribution in [1.82, 2.24) is 9.78 Å². The highest BCUT2D eigenvalue weighted by atomic mass is 15.3. The summed E-state index contributed by atoms with van der Waals surface area (Å²) in [6, 6.07) is 10.6. The molecule has 90 valence electrons. The van der Waals surface area contributed by atoms with Gasteiger partial charge in [0.15, 0.2) is 0 Å². The van der Waals surface area contributed by atoms with Crippen LogP contribution in [-0.2, 0) is 6.54 Å². The molecular formula is C14H19N3. The molecule has 0 amide bonds. The Balaban J connectivity index is 1.83. The zero-order valence-electron chi connectivity index (χ0n) is 10.4. The number of anilines is 1. The van der Waals surface area contributed by atoms with Gasteiger partial charge in [-0.15, -0.1) is 0 Å². The van der Waals surface area contributed by atoms with E-state index in [0.29, 0.717) is 5.92 Å². The van der Waals surface area contributed by atoms with Crippen LogP contribution in [0.1, 0.15) is 25.3 Å². The Bertz CT molecular complexity index is 429. The molecule has 3 heteroatoms. The minimum Gasteiger partial charge on any atom is -0.383 e. The molecular weight excluding hydrogens is 210 g/mol. The summed E-state index contributed by atoms with van der Waals surface area (Å²) >= 11 is 0. The van der Waals surface area contributed by atoms with Crippen LogP contribution in [0.4, 0.5) is 5.69 Å². The first-order valence-electron chi connectivity index (χ1n) is 6.07. The van der Waals surface area contributed by atoms with Crippen LogP contribution in [-0.4, -0.2) is 16.3 Å². The topological polar surface area (TPSA) is 29.9 Å². The molecule has 17 heavy (non-hydrogen) atoms. The molecule has 0 saturated heterocycles. The third-order valence-electron chi connectivity index (χ3n) is 2.81. The summed E-state index contributed by atoms with van der Waals surface area (Å²) in [5, 5.41) is 7.55. The molecule has 1 N–H and O–H groups in total. The van der Waals surface area contributed by atoms with E-state index in [1.54, 1.807) is 6.20 Å². The first kappa shape index (κ1) is 11.7.